The Morgan fingerprint density at radius 1 is 1.05 bits per heavy atom. The van der Waals surface area contributed by atoms with E-state index in [0.717, 1.165) is 11.1 Å². The van der Waals surface area contributed by atoms with Crippen LogP contribution in [0.2, 0.25) is 5.02 Å². The van der Waals surface area contributed by atoms with Gasteiger partial charge in [0.1, 0.15) is 18.4 Å². The van der Waals surface area contributed by atoms with Crippen LogP contribution >= 0.6 is 11.6 Å². The lowest BCUT2D eigenvalue weighted by molar-refractivity contribution is -0.136. The van der Waals surface area contributed by atoms with Gasteiger partial charge >= 0.3 is 5.97 Å². The van der Waals surface area contributed by atoms with Crippen LogP contribution in [0.1, 0.15) is 35.1 Å². The maximum atomic E-state index is 13.7. The molecule has 40 heavy (non-hydrogen) atoms. The minimum Gasteiger partial charge on any atom is -0.489 e. The SMILES string of the molecule is Cc1ccc(S(=O)(=O)N[C@H]2C/C=C\CCN(Cc3cc(CC(=O)O)ccc3OCc3ccc(Cl)cc3)C2=O)cc1. The molecule has 1 atom stereocenters. The quantitative estimate of drug-likeness (QED) is 0.329. The zero-order valence-electron chi connectivity index (χ0n) is 22.0. The lowest BCUT2D eigenvalue weighted by atomic mass is 10.0. The average Bonchev–Trinajstić information content (AvgIpc) is 2.90. The number of aryl methyl sites for hydroxylation is 1. The molecule has 0 radical (unpaired) electrons. The molecule has 0 unspecified atom stereocenters. The summed E-state index contributed by atoms with van der Waals surface area (Å²) in [5, 5.41) is 9.92. The van der Waals surface area contributed by atoms with Gasteiger partial charge in [-0.25, -0.2) is 8.42 Å². The van der Waals surface area contributed by atoms with Gasteiger partial charge in [-0.1, -0.05) is 59.6 Å². The van der Waals surface area contributed by atoms with Crippen LogP contribution in [-0.4, -0.2) is 42.9 Å². The predicted molar refractivity (Wildman–Crippen MR) is 153 cm³/mol. The summed E-state index contributed by atoms with van der Waals surface area (Å²) in [4.78, 5) is 26.7. The molecule has 1 aliphatic rings. The third-order valence-corrected chi connectivity index (χ3v) is 8.23. The van der Waals surface area contributed by atoms with Crippen LogP contribution in [-0.2, 0) is 39.2 Å². The summed E-state index contributed by atoms with van der Waals surface area (Å²) in [6.07, 6.45) is 4.36. The van der Waals surface area contributed by atoms with E-state index in [2.05, 4.69) is 4.72 Å². The Bertz CT molecular complexity index is 1490. The number of halogens is 1. The normalized spacial score (nSPS) is 16.7. The zero-order chi connectivity index (χ0) is 28.7. The molecule has 0 fully saturated rings. The van der Waals surface area contributed by atoms with Crippen LogP contribution in [0.15, 0.2) is 83.8 Å². The van der Waals surface area contributed by atoms with E-state index in [0.29, 0.717) is 34.9 Å². The van der Waals surface area contributed by atoms with Crippen molar-refractivity contribution in [2.24, 2.45) is 0 Å². The highest BCUT2D eigenvalue weighted by molar-refractivity contribution is 7.89. The number of sulfonamides is 1. The number of nitrogens with zero attached hydrogens (tertiary/aromatic N) is 1. The summed E-state index contributed by atoms with van der Waals surface area (Å²) >= 11 is 5.98. The molecule has 0 saturated carbocycles. The molecule has 1 heterocycles. The third kappa shape index (κ3) is 7.94. The molecule has 0 spiro atoms. The van der Waals surface area contributed by atoms with E-state index in [1.54, 1.807) is 47.4 Å². The molecular formula is C30H31ClN2O6S. The Kier molecular flexibility index (Phi) is 9.63. The summed E-state index contributed by atoms with van der Waals surface area (Å²) in [5.74, 6) is -0.836. The average molecular weight is 583 g/mol. The van der Waals surface area contributed by atoms with E-state index >= 15 is 0 Å². The van der Waals surface area contributed by atoms with Crippen LogP contribution in [0.25, 0.3) is 0 Å². The highest BCUT2D eigenvalue weighted by Gasteiger charge is 2.30. The molecule has 0 saturated heterocycles. The first kappa shape index (κ1) is 29.3. The molecule has 1 aliphatic heterocycles. The lowest BCUT2D eigenvalue weighted by Crippen LogP contribution is -2.48. The maximum absolute atomic E-state index is 13.7. The standard InChI is InChI=1S/C30H31ClN2O6S/c1-21-6-13-26(14-7-21)40(37,38)32-27-5-3-2-4-16-33(30(27)36)19-24-17-23(18-29(34)35)10-15-28(24)39-20-22-8-11-25(31)12-9-22/h2-3,6-15,17,27,32H,4-5,16,18-20H2,1H3,(H,34,35)/b3-2-/t27-/m0/s1. The number of hydrogen-bond acceptors (Lipinski definition) is 5. The second-order valence-corrected chi connectivity index (χ2v) is 11.8. The van der Waals surface area contributed by atoms with Gasteiger partial charge in [0.15, 0.2) is 0 Å². The first-order valence-electron chi connectivity index (χ1n) is 12.8. The Morgan fingerprint density at radius 2 is 1.75 bits per heavy atom. The van der Waals surface area contributed by atoms with Gasteiger partial charge in [-0.2, -0.15) is 4.72 Å². The van der Waals surface area contributed by atoms with Crippen molar-refractivity contribution in [3.05, 3.63) is 106 Å². The van der Waals surface area contributed by atoms with Crippen molar-refractivity contribution in [3.63, 3.8) is 0 Å². The van der Waals surface area contributed by atoms with E-state index in [9.17, 15) is 23.1 Å². The largest absolute Gasteiger partial charge is 0.489 e. The van der Waals surface area contributed by atoms with E-state index in [1.807, 2.05) is 31.2 Å². The van der Waals surface area contributed by atoms with Gasteiger partial charge in [0.25, 0.3) is 0 Å². The van der Waals surface area contributed by atoms with Crippen molar-refractivity contribution in [1.29, 1.82) is 0 Å². The number of ether oxygens (including phenoxy) is 1. The molecule has 1 amide bonds. The molecule has 2 N–H and O–H groups in total. The topological polar surface area (TPSA) is 113 Å². The number of benzene rings is 3. The molecule has 210 valence electrons. The monoisotopic (exact) mass is 582 g/mol. The fourth-order valence-electron chi connectivity index (χ4n) is 4.37. The number of carbonyl (C=O) groups excluding carboxylic acids is 1. The Morgan fingerprint density at radius 3 is 2.45 bits per heavy atom. The van der Waals surface area contributed by atoms with Crippen molar-refractivity contribution in [2.45, 2.75) is 50.3 Å². The number of nitrogens with one attached hydrogen (secondary N) is 1. The second-order valence-electron chi connectivity index (χ2n) is 9.67. The number of carboxylic acid groups (broad SMARTS) is 1. The molecule has 4 rings (SSSR count). The van der Waals surface area contributed by atoms with Gasteiger partial charge in [-0.05, 0) is 67.3 Å². The Balaban J connectivity index is 1.58. The summed E-state index contributed by atoms with van der Waals surface area (Å²) in [7, 11) is -3.94. The molecular weight excluding hydrogens is 552 g/mol. The zero-order valence-corrected chi connectivity index (χ0v) is 23.6. The summed E-state index contributed by atoms with van der Waals surface area (Å²) < 4.78 is 34.8. The predicted octanol–water partition coefficient (Wildman–Crippen LogP) is 4.88. The first-order chi connectivity index (χ1) is 19.1. The summed E-state index contributed by atoms with van der Waals surface area (Å²) in [5.41, 5.74) is 3.01. The van der Waals surface area contributed by atoms with Gasteiger partial charge in [-0.15, -0.1) is 0 Å². The van der Waals surface area contributed by atoms with E-state index in [1.165, 1.54) is 12.1 Å². The van der Waals surface area contributed by atoms with Crippen molar-refractivity contribution in [1.82, 2.24) is 9.62 Å². The smallest absolute Gasteiger partial charge is 0.307 e. The van der Waals surface area contributed by atoms with Crippen molar-refractivity contribution < 1.29 is 27.9 Å². The minimum absolute atomic E-state index is 0.0859. The number of carbonyl (C=O) groups is 2. The number of hydrogen-bond donors (Lipinski definition) is 2. The molecule has 0 aliphatic carbocycles. The van der Waals surface area contributed by atoms with Gasteiger partial charge in [-0.3, -0.25) is 9.59 Å². The highest BCUT2D eigenvalue weighted by atomic mass is 35.5. The number of carboxylic acids is 1. The van der Waals surface area contributed by atoms with Crippen LogP contribution in [0.4, 0.5) is 0 Å². The van der Waals surface area contributed by atoms with Gasteiger partial charge in [0, 0.05) is 23.7 Å². The van der Waals surface area contributed by atoms with Crippen LogP contribution < -0.4 is 9.46 Å². The molecule has 10 heteroatoms. The molecule has 0 aromatic heterocycles. The first-order valence-corrected chi connectivity index (χ1v) is 14.7. The minimum atomic E-state index is -3.94. The van der Waals surface area contributed by atoms with Gasteiger partial charge in [0.05, 0.1) is 11.3 Å². The van der Waals surface area contributed by atoms with Crippen molar-refractivity contribution in [3.8, 4) is 5.75 Å². The van der Waals surface area contributed by atoms with Crippen LogP contribution in [0, 0.1) is 6.92 Å². The summed E-state index contributed by atoms with van der Waals surface area (Å²) in [6.45, 7) is 2.60. The van der Waals surface area contributed by atoms with Crippen molar-refractivity contribution in [2.75, 3.05) is 6.54 Å². The van der Waals surface area contributed by atoms with Crippen LogP contribution in [0.5, 0.6) is 5.75 Å². The summed E-state index contributed by atoms with van der Waals surface area (Å²) in [6, 6.07) is 17.8. The van der Waals surface area contributed by atoms with Crippen molar-refractivity contribution >= 4 is 33.5 Å². The number of aliphatic carboxylic acids is 1. The Hall–Kier alpha value is -3.66. The lowest BCUT2D eigenvalue weighted by Gasteiger charge is -2.29. The van der Waals surface area contributed by atoms with E-state index in [4.69, 9.17) is 16.3 Å². The second kappa shape index (κ2) is 13.1. The van der Waals surface area contributed by atoms with Gasteiger partial charge < -0.3 is 14.7 Å². The van der Waals surface area contributed by atoms with E-state index in [-0.39, 0.29) is 36.8 Å². The third-order valence-electron chi connectivity index (χ3n) is 6.49. The van der Waals surface area contributed by atoms with Gasteiger partial charge in [0.2, 0.25) is 15.9 Å². The number of rotatable bonds is 10. The fraction of sp³-hybridized carbons (Fsp3) is 0.267. The Labute approximate surface area is 239 Å². The van der Waals surface area contributed by atoms with E-state index < -0.39 is 22.0 Å². The van der Waals surface area contributed by atoms with Crippen LogP contribution in [0.3, 0.4) is 0 Å². The molecule has 0 bridgehead atoms. The fourth-order valence-corrected chi connectivity index (χ4v) is 5.70. The highest BCUT2D eigenvalue weighted by Crippen LogP contribution is 2.25. The maximum Gasteiger partial charge on any atom is 0.307 e. The molecule has 8 nitrogen and oxygen atoms in total. The number of amides is 1. The molecule has 3 aromatic carbocycles. The molecule has 3 aromatic rings.